The number of aliphatic carboxylic acids is 1. The Morgan fingerprint density at radius 3 is 1.58 bits per heavy atom. The molecule has 0 radical (unpaired) electrons. The van der Waals surface area contributed by atoms with Crippen LogP contribution >= 0.6 is 0 Å². The van der Waals surface area contributed by atoms with Gasteiger partial charge in [0.25, 0.3) is 0 Å². The van der Waals surface area contributed by atoms with Gasteiger partial charge in [0, 0.05) is 19.5 Å². The van der Waals surface area contributed by atoms with Gasteiger partial charge in [-0.3, -0.25) is 38.6 Å². The van der Waals surface area contributed by atoms with E-state index in [0.717, 1.165) is 6.42 Å². The molecule has 1 heterocycles. The van der Waals surface area contributed by atoms with E-state index in [4.69, 9.17) is 22.9 Å². The Labute approximate surface area is 292 Å². The standard InChI is InChI=1S/C31H57N11O8/c1-2-3-9-19-26(46)36-17-13-24(43)38-20(10-4-6-14-32)27(47)42-23(18-25(44)45)30(50)41-21(11-5-7-15-33)28(48)40-22(29(49)39-19)12-8-16-37-31(34)35/h19-23H,2-18,32-33H2,1H3,(H,36,46)(H,38,43)(H,39,49)(H,40,48)(H,41,50)(H,42,47)(H,44,45)(H4,34,35,37)/t19-,20-,21-,22-,23-/m0/s1. The van der Waals surface area contributed by atoms with Crippen molar-refractivity contribution in [2.45, 2.75) is 121 Å². The van der Waals surface area contributed by atoms with Crippen molar-refractivity contribution in [3.8, 4) is 0 Å². The van der Waals surface area contributed by atoms with Gasteiger partial charge >= 0.3 is 5.97 Å². The van der Waals surface area contributed by atoms with Crippen LogP contribution in [0.1, 0.15) is 90.4 Å². The van der Waals surface area contributed by atoms with E-state index in [9.17, 15) is 38.7 Å². The van der Waals surface area contributed by atoms with Crippen LogP contribution in [-0.2, 0) is 33.6 Å². The Bertz CT molecular complexity index is 1170. The molecule has 1 aliphatic rings. The van der Waals surface area contributed by atoms with E-state index in [1.165, 1.54) is 0 Å². The predicted molar refractivity (Wildman–Crippen MR) is 185 cm³/mol. The number of carboxylic acids is 1. The third kappa shape index (κ3) is 17.8. The highest BCUT2D eigenvalue weighted by Gasteiger charge is 2.33. The first-order valence-electron chi connectivity index (χ1n) is 17.3. The average Bonchev–Trinajstić information content (AvgIpc) is 3.05. The number of guanidine groups is 1. The number of unbranched alkanes of at least 4 members (excludes halogenated alkanes) is 3. The largest absolute Gasteiger partial charge is 0.481 e. The fourth-order valence-electron chi connectivity index (χ4n) is 5.13. The minimum absolute atomic E-state index is 0.0589. The molecule has 0 saturated carbocycles. The molecule has 0 bridgehead atoms. The van der Waals surface area contributed by atoms with Crippen molar-refractivity contribution in [1.29, 1.82) is 0 Å². The zero-order valence-corrected chi connectivity index (χ0v) is 29.0. The summed E-state index contributed by atoms with van der Waals surface area (Å²) in [6, 6.07) is -6.18. The fourth-order valence-corrected chi connectivity index (χ4v) is 5.13. The Morgan fingerprint density at radius 2 is 1.10 bits per heavy atom. The number of rotatable bonds is 17. The summed E-state index contributed by atoms with van der Waals surface area (Å²) in [5.41, 5.74) is 22.1. The molecule has 0 aliphatic carbocycles. The molecule has 0 spiro atoms. The summed E-state index contributed by atoms with van der Waals surface area (Å²) in [5.74, 6) is -5.86. The molecular weight excluding hydrogens is 654 g/mol. The molecule has 1 rings (SSSR count). The number of amides is 6. The van der Waals surface area contributed by atoms with Crippen LogP contribution in [0, 0.1) is 0 Å². The van der Waals surface area contributed by atoms with Gasteiger partial charge in [0.15, 0.2) is 5.96 Å². The lowest BCUT2D eigenvalue weighted by Crippen LogP contribution is -2.59. The van der Waals surface area contributed by atoms with Gasteiger partial charge in [-0.2, -0.15) is 0 Å². The lowest BCUT2D eigenvalue weighted by atomic mass is 10.0. The number of nitrogens with one attached hydrogen (secondary N) is 6. The van der Waals surface area contributed by atoms with Crippen LogP contribution in [0.2, 0.25) is 0 Å². The lowest BCUT2D eigenvalue weighted by molar-refractivity contribution is -0.141. The number of hydrogen-bond acceptors (Lipinski definition) is 10. The molecule has 0 unspecified atom stereocenters. The SMILES string of the molecule is CCCC[C@@H]1NC(=O)[C@H](CCCN=C(N)N)NC(=O)[C@H](CCCCN)NC(=O)[C@H](CC(=O)O)NC(=O)[C@H](CCCCN)NC(=O)CCNC1=O. The van der Waals surface area contributed by atoms with E-state index < -0.39 is 78.0 Å². The van der Waals surface area contributed by atoms with Gasteiger partial charge in [0.2, 0.25) is 35.4 Å². The zero-order valence-electron chi connectivity index (χ0n) is 29.0. The van der Waals surface area contributed by atoms with Crippen molar-refractivity contribution < 1.29 is 38.7 Å². The van der Waals surface area contributed by atoms with Crippen molar-refractivity contribution in [2.75, 3.05) is 26.2 Å². The van der Waals surface area contributed by atoms with E-state index in [0.29, 0.717) is 45.2 Å². The highest BCUT2D eigenvalue weighted by atomic mass is 16.4. The van der Waals surface area contributed by atoms with E-state index in [1.807, 2.05) is 6.92 Å². The van der Waals surface area contributed by atoms with E-state index in [2.05, 4.69) is 36.9 Å². The van der Waals surface area contributed by atoms with Crippen LogP contribution in [0.15, 0.2) is 4.99 Å². The Hall–Kier alpha value is -4.52. The molecular formula is C31H57N11O8. The first-order valence-corrected chi connectivity index (χ1v) is 17.3. The number of carboxylic acid groups (broad SMARTS) is 1. The molecule has 284 valence electrons. The summed E-state index contributed by atoms with van der Waals surface area (Å²) in [4.78, 5) is 95.9. The maximum absolute atomic E-state index is 13.7. The quantitative estimate of drug-likeness (QED) is 0.0406. The van der Waals surface area contributed by atoms with Gasteiger partial charge in [0.05, 0.1) is 6.42 Å². The van der Waals surface area contributed by atoms with Crippen LogP contribution in [0.5, 0.6) is 0 Å². The summed E-state index contributed by atoms with van der Waals surface area (Å²) in [6.45, 7) is 2.57. The molecule has 0 aromatic rings. The Morgan fingerprint density at radius 1 is 0.660 bits per heavy atom. The van der Waals surface area contributed by atoms with Gasteiger partial charge in [0.1, 0.15) is 30.2 Å². The van der Waals surface area contributed by atoms with Crippen molar-refractivity contribution in [3.05, 3.63) is 0 Å². The highest BCUT2D eigenvalue weighted by Crippen LogP contribution is 2.09. The predicted octanol–water partition coefficient (Wildman–Crippen LogP) is -3.09. The molecule has 19 nitrogen and oxygen atoms in total. The molecule has 0 aromatic heterocycles. The second-order valence-corrected chi connectivity index (χ2v) is 12.2. The van der Waals surface area contributed by atoms with Crippen LogP contribution < -0.4 is 54.8 Å². The minimum atomic E-state index is -1.61. The first kappa shape index (κ1) is 43.5. The van der Waals surface area contributed by atoms with Gasteiger partial charge < -0.3 is 59.9 Å². The summed E-state index contributed by atoms with van der Waals surface area (Å²) in [6.07, 6.45) is 2.96. The van der Waals surface area contributed by atoms with Gasteiger partial charge in [-0.15, -0.1) is 0 Å². The number of carbonyl (C=O) groups is 7. The van der Waals surface area contributed by atoms with E-state index >= 15 is 0 Å². The summed E-state index contributed by atoms with van der Waals surface area (Å²) >= 11 is 0. The van der Waals surface area contributed by atoms with Crippen molar-refractivity contribution in [1.82, 2.24) is 31.9 Å². The molecule has 0 aromatic carbocycles. The monoisotopic (exact) mass is 711 g/mol. The lowest BCUT2D eigenvalue weighted by Gasteiger charge is -2.27. The summed E-state index contributed by atoms with van der Waals surface area (Å²) in [5, 5.41) is 25.1. The van der Waals surface area contributed by atoms with Crippen LogP contribution in [0.3, 0.4) is 0 Å². The second kappa shape index (κ2) is 24.6. The first-order chi connectivity index (χ1) is 23.8. The second-order valence-electron chi connectivity index (χ2n) is 12.2. The Balaban J connectivity index is 3.56. The maximum atomic E-state index is 13.7. The third-order valence-electron chi connectivity index (χ3n) is 7.90. The zero-order chi connectivity index (χ0) is 37.5. The maximum Gasteiger partial charge on any atom is 0.305 e. The van der Waals surface area contributed by atoms with Crippen molar-refractivity contribution in [3.63, 3.8) is 0 Å². The normalized spacial score (nSPS) is 23.1. The number of aliphatic imine (C=N–C) groups is 1. The summed E-state index contributed by atoms with van der Waals surface area (Å²) in [7, 11) is 0. The highest BCUT2D eigenvalue weighted by molar-refractivity contribution is 5.97. The smallest absolute Gasteiger partial charge is 0.305 e. The topological polar surface area (TPSA) is 328 Å². The Kier molecular flexibility index (Phi) is 21.4. The fraction of sp³-hybridized carbons (Fsp3) is 0.742. The average molecular weight is 712 g/mol. The molecule has 19 heteroatoms. The van der Waals surface area contributed by atoms with Gasteiger partial charge in [-0.1, -0.05) is 19.8 Å². The molecule has 1 aliphatic heterocycles. The third-order valence-corrected chi connectivity index (χ3v) is 7.90. The number of carbonyl (C=O) groups excluding carboxylic acids is 6. The van der Waals surface area contributed by atoms with Crippen LogP contribution in [-0.4, -0.2) is 109 Å². The van der Waals surface area contributed by atoms with E-state index in [-0.39, 0.29) is 57.6 Å². The van der Waals surface area contributed by atoms with Crippen LogP contribution in [0.4, 0.5) is 0 Å². The number of nitrogens with two attached hydrogens (primary N) is 4. The summed E-state index contributed by atoms with van der Waals surface area (Å²) < 4.78 is 0. The van der Waals surface area contributed by atoms with E-state index in [1.54, 1.807) is 0 Å². The van der Waals surface area contributed by atoms with Gasteiger partial charge in [-0.05, 0) is 70.9 Å². The molecule has 1 fully saturated rings. The molecule has 5 atom stereocenters. The molecule has 1 saturated heterocycles. The molecule has 6 amide bonds. The molecule has 50 heavy (non-hydrogen) atoms. The molecule has 15 N–H and O–H groups in total. The van der Waals surface area contributed by atoms with Crippen molar-refractivity contribution in [2.24, 2.45) is 27.9 Å². The number of nitrogens with zero attached hydrogens (tertiary/aromatic N) is 1. The van der Waals surface area contributed by atoms with Crippen LogP contribution in [0.25, 0.3) is 0 Å². The minimum Gasteiger partial charge on any atom is -0.481 e. The van der Waals surface area contributed by atoms with Gasteiger partial charge in [-0.25, -0.2) is 0 Å². The van der Waals surface area contributed by atoms with Crippen molar-refractivity contribution >= 4 is 47.4 Å². The number of hydrogen-bond donors (Lipinski definition) is 11.